The molecule has 0 saturated carbocycles. The molecule has 0 aromatic heterocycles. The Hall–Kier alpha value is -1.02. The van der Waals surface area contributed by atoms with Crippen LogP contribution in [0.25, 0.3) is 0 Å². The number of esters is 1. The van der Waals surface area contributed by atoms with Crippen LogP contribution in [0.5, 0.6) is 0 Å². The van der Waals surface area contributed by atoms with Crippen LogP contribution in [0.1, 0.15) is 239 Å². The number of hydrogen-bond donors (Lipinski definition) is 2. The topological polar surface area (TPSA) is 117 Å². The van der Waals surface area contributed by atoms with Crippen molar-refractivity contribution in [3.63, 3.8) is 0 Å². The van der Waals surface area contributed by atoms with Crippen LogP contribution in [-0.4, -0.2) is 49.9 Å². The van der Waals surface area contributed by atoms with E-state index < -0.39 is 13.9 Å². The number of carbonyl (C=O) groups is 1. The van der Waals surface area contributed by atoms with E-state index in [-0.39, 0.29) is 32.3 Å². The van der Waals surface area contributed by atoms with Crippen molar-refractivity contribution in [2.45, 2.75) is 245 Å². The van der Waals surface area contributed by atoms with E-state index in [4.69, 9.17) is 24.3 Å². The average molecular weight is 828 g/mol. The Morgan fingerprint density at radius 3 is 1.37 bits per heavy atom. The second-order valence-electron chi connectivity index (χ2n) is 16.3. The van der Waals surface area contributed by atoms with Crippen LogP contribution in [-0.2, 0) is 27.9 Å². The summed E-state index contributed by atoms with van der Waals surface area (Å²) >= 11 is 0. The van der Waals surface area contributed by atoms with Crippen molar-refractivity contribution in [2.24, 2.45) is 5.73 Å². The zero-order valence-corrected chi connectivity index (χ0v) is 38.5. The van der Waals surface area contributed by atoms with Crippen molar-refractivity contribution in [2.75, 3.05) is 33.0 Å². The minimum atomic E-state index is -4.28. The minimum Gasteiger partial charge on any atom is -0.457 e. The molecule has 0 fully saturated rings. The van der Waals surface area contributed by atoms with E-state index in [1.807, 2.05) is 0 Å². The van der Waals surface area contributed by atoms with Gasteiger partial charge in [0.25, 0.3) is 0 Å². The maximum Gasteiger partial charge on any atom is 0.472 e. The third-order valence-electron chi connectivity index (χ3n) is 10.6. The van der Waals surface area contributed by atoms with Gasteiger partial charge in [-0.05, 0) is 44.9 Å². The fourth-order valence-corrected chi connectivity index (χ4v) is 7.79. The van der Waals surface area contributed by atoms with Gasteiger partial charge in [0.05, 0.1) is 19.8 Å². The van der Waals surface area contributed by atoms with E-state index in [1.54, 1.807) is 0 Å². The normalized spacial score (nSPS) is 13.5. The van der Waals surface area contributed by atoms with Crippen LogP contribution in [0.2, 0.25) is 0 Å². The second-order valence-corrected chi connectivity index (χ2v) is 17.8. The van der Waals surface area contributed by atoms with Gasteiger partial charge in [0.2, 0.25) is 0 Å². The molecule has 338 valence electrons. The largest absolute Gasteiger partial charge is 0.472 e. The summed E-state index contributed by atoms with van der Waals surface area (Å²) in [5.41, 5.74) is 5.38. The highest BCUT2D eigenvalue weighted by atomic mass is 31.2. The Labute approximate surface area is 353 Å². The molecule has 0 bridgehead atoms. The predicted molar refractivity (Wildman–Crippen MR) is 243 cm³/mol. The highest BCUT2D eigenvalue weighted by Crippen LogP contribution is 2.43. The van der Waals surface area contributed by atoms with Crippen LogP contribution in [0.15, 0.2) is 24.3 Å². The van der Waals surface area contributed by atoms with Gasteiger partial charge in [0.1, 0.15) is 6.10 Å². The van der Waals surface area contributed by atoms with Gasteiger partial charge in [-0.3, -0.25) is 13.8 Å². The van der Waals surface area contributed by atoms with Gasteiger partial charge in [-0.25, -0.2) is 4.57 Å². The molecule has 2 unspecified atom stereocenters. The summed E-state index contributed by atoms with van der Waals surface area (Å²) in [5, 5.41) is 0. The monoisotopic (exact) mass is 828 g/mol. The van der Waals surface area contributed by atoms with Gasteiger partial charge in [0, 0.05) is 19.6 Å². The Kier molecular flexibility index (Phi) is 45.2. The fraction of sp³-hybridized carbons (Fsp3) is 0.896. The quantitative estimate of drug-likeness (QED) is 0.0270. The van der Waals surface area contributed by atoms with Crippen LogP contribution in [0, 0.1) is 0 Å². The van der Waals surface area contributed by atoms with Gasteiger partial charge in [-0.15, -0.1) is 0 Å². The lowest BCUT2D eigenvalue weighted by atomic mass is 10.0. The van der Waals surface area contributed by atoms with E-state index in [0.29, 0.717) is 13.0 Å². The molecule has 8 nitrogen and oxygen atoms in total. The molecule has 0 saturated heterocycles. The molecular formula is C48H94NO7P. The van der Waals surface area contributed by atoms with Crippen molar-refractivity contribution in [1.29, 1.82) is 0 Å². The maximum absolute atomic E-state index is 12.6. The SMILES string of the molecule is CCCCCCC/C=C\C/C=C\CCCCCCCCCCCCOCC(COP(=O)(O)OCCN)OC(=O)CCCCCCCCCCCCCCCCCC. The zero-order chi connectivity index (χ0) is 41.6. The summed E-state index contributed by atoms with van der Waals surface area (Å²) in [5.74, 6) is -0.327. The van der Waals surface area contributed by atoms with Gasteiger partial charge >= 0.3 is 13.8 Å². The van der Waals surface area contributed by atoms with E-state index in [9.17, 15) is 14.3 Å². The number of carbonyl (C=O) groups excluding carboxylic acids is 1. The molecule has 0 aromatic carbocycles. The molecule has 0 aromatic rings. The van der Waals surface area contributed by atoms with Crippen LogP contribution in [0.3, 0.4) is 0 Å². The molecular weight excluding hydrogens is 734 g/mol. The molecule has 57 heavy (non-hydrogen) atoms. The molecule has 0 radical (unpaired) electrons. The minimum absolute atomic E-state index is 0.0936. The smallest absolute Gasteiger partial charge is 0.457 e. The Bertz CT molecular complexity index is 930. The van der Waals surface area contributed by atoms with Crippen molar-refractivity contribution in [3.8, 4) is 0 Å². The Morgan fingerprint density at radius 2 is 0.930 bits per heavy atom. The van der Waals surface area contributed by atoms with E-state index >= 15 is 0 Å². The molecule has 0 aliphatic carbocycles. The van der Waals surface area contributed by atoms with Crippen molar-refractivity contribution < 1.29 is 32.8 Å². The first-order valence-electron chi connectivity index (χ1n) is 24.3. The highest BCUT2D eigenvalue weighted by molar-refractivity contribution is 7.47. The van der Waals surface area contributed by atoms with Gasteiger partial charge in [-0.1, -0.05) is 212 Å². The number of hydrogen-bond acceptors (Lipinski definition) is 7. The number of unbranched alkanes of at least 4 members (excludes halogenated alkanes) is 30. The Balaban J connectivity index is 3.93. The Morgan fingerprint density at radius 1 is 0.526 bits per heavy atom. The summed E-state index contributed by atoms with van der Waals surface area (Å²) in [7, 11) is -4.28. The molecule has 0 spiro atoms. The molecule has 0 amide bonds. The van der Waals surface area contributed by atoms with Crippen molar-refractivity contribution >= 4 is 13.8 Å². The molecule has 9 heteroatoms. The highest BCUT2D eigenvalue weighted by Gasteiger charge is 2.25. The third-order valence-corrected chi connectivity index (χ3v) is 11.6. The van der Waals surface area contributed by atoms with E-state index in [0.717, 1.165) is 38.5 Å². The zero-order valence-electron chi connectivity index (χ0n) is 37.6. The summed E-state index contributed by atoms with van der Waals surface area (Å²) in [6.07, 6.45) is 52.0. The lowest BCUT2D eigenvalue weighted by Crippen LogP contribution is -2.28. The maximum atomic E-state index is 12.6. The average Bonchev–Trinajstić information content (AvgIpc) is 3.20. The van der Waals surface area contributed by atoms with E-state index in [1.165, 1.54) is 180 Å². The summed E-state index contributed by atoms with van der Waals surface area (Å²) in [6.45, 7) is 4.95. The lowest BCUT2D eigenvalue weighted by Gasteiger charge is -2.20. The molecule has 2 atom stereocenters. The van der Waals surface area contributed by atoms with E-state index in [2.05, 4.69) is 38.2 Å². The first-order valence-corrected chi connectivity index (χ1v) is 25.8. The number of phosphoric acid groups is 1. The molecule has 0 aliphatic heterocycles. The summed E-state index contributed by atoms with van der Waals surface area (Å²) in [6, 6.07) is 0. The van der Waals surface area contributed by atoms with Crippen LogP contribution in [0.4, 0.5) is 0 Å². The molecule has 0 aliphatic rings. The molecule has 3 N–H and O–H groups in total. The molecule has 0 rings (SSSR count). The van der Waals surface area contributed by atoms with Crippen molar-refractivity contribution in [1.82, 2.24) is 0 Å². The number of rotatable bonds is 47. The van der Waals surface area contributed by atoms with Gasteiger partial charge < -0.3 is 20.1 Å². The molecule has 0 heterocycles. The van der Waals surface area contributed by atoms with Crippen molar-refractivity contribution in [3.05, 3.63) is 24.3 Å². The van der Waals surface area contributed by atoms with Gasteiger partial charge in [-0.2, -0.15) is 0 Å². The predicted octanol–water partition coefficient (Wildman–Crippen LogP) is 14.8. The standard InChI is InChI=1S/C48H94NO7P/c1-3-5-7-9-11-13-15-17-19-21-22-23-24-25-26-28-30-32-34-36-38-40-43-53-45-47(46-55-57(51,52)54-44-42-49)56-48(50)41-39-37-35-33-31-29-27-20-18-16-14-12-10-8-6-4-2/h15,17,21-22,47H,3-14,16,18-20,23-46,49H2,1-2H3,(H,51,52)/b17-15-,22-21-. The van der Waals surface area contributed by atoms with Crippen LogP contribution < -0.4 is 5.73 Å². The first-order chi connectivity index (χ1) is 27.9. The summed E-state index contributed by atoms with van der Waals surface area (Å²) < 4.78 is 33.5. The number of allylic oxidation sites excluding steroid dienone is 4. The lowest BCUT2D eigenvalue weighted by molar-refractivity contribution is -0.154. The van der Waals surface area contributed by atoms with Crippen LogP contribution >= 0.6 is 7.82 Å². The summed E-state index contributed by atoms with van der Waals surface area (Å²) in [4.78, 5) is 22.5. The fourth-order valence-electron chi connectivity index (χ4n) is 7.03. The van der Waals surface area contributed by atoms with Gasteiger partial charge in [0.15, 0.2) is 0 Å². The number of ether oxygens (including phenoxy) is 2. The first kappa shape index (κ1) is 56.0. The third kappa shape index (κ3) is 45.9. The number of phosphoric ester groups is 1. The second kappa shape index (κ2) is 46.1. The number of nitrogens with two attached hydrogens (primary N) is 1.